The number of hydrogen-bond donors (Lipinski definition) is 2. The summed E-state index contributed by atoms with van der Waals surface area (Å²) in [6.45, 7) is 4.47. The molecule has 0 aliphatic carbocycles. The van der Waals surface area contributed by atoms with Crippen LogP contribution in [0.1, 0.15) is 22.8 Å². The van der Waals surface area contributed by atoms with Crippen LogP contribution >= 0.6 is 12.2 Å². The van der Waals surface area contributed by atoms with Crippen LogP contribution in [0.25, 0.3) is 0 Å². The predicted molar refractivity (Wildman–Crippen MR) is 80.1 cm³/mol. The first-order chi connectivity index (χ1) is 8.99. The first-order valence-electron chi connectivity index (χ1n) is 5.97. The molecule has 0 saturated heterocycles. The lowest BCUT2D eigenvalue weighted by atomic mass is 10.1. The molecule has 0 fully saturated rings. The molecule has 2 aromatic rings. The summed E-state index contributed by atoms with van der Waals surface area (Å²) >= 11 is 5.10. The highest BCUT2D eigenvalue weighted by Gasteiger charge is 2.11. The van der Waals surface area contributed by atoms with Crippen LogP contribution in [0.5, 0.6) is 0 Å². The van der Waals surface area contributed by atoms with Gasteiger partial charge in [-0.25, -0.2) is 4.98 Å². The zero-order chi connectivity index (χ0) is 14.0. The van der Waals surface area contributed by atoms with Gasteiger partial charge in [0.25, 0.3) is 0 Å². The highest BCUT2D eigenvalue weighted by Crippen LogP contribution is 2.20. The van der Waals surface area contributed by atoms with Crippen molar-refractivity contribution in [1.29, 1.82) is 0 Å². The van der Waals surface area contributed by atoms with Crippen molar-refractivity contribution in [1.82, 2.24) is 14.5 Å². The maximum absolute atomic E-state index is 5.77. The molecular weight excluding hydrogens is 258 g/mol. The Morgan fingerprint density at radius 3 is 2.79 bits per heavy atom. The van der Waals surface area contributed by atoms with Gasteiger partial charge in [-0.15, -0.1) is 0 Å². The van der Waals surface area contributed by atoms with Crippen LogP contribution in [0.2, 0.25) is 0 Å². The average molecular weight is 275 g/mol. The number of rotatable bonds is 4. The summed E-state index contributed by atoms with van der Waals surface area (Å²) in [5, 5.41) is 3.33. The molecule has 0 aliphatic heterocycles. The second-order valence-electron chi connectivity index (χ2n) is 4.44. The molecule has 2 heterocycles. The molecule has 3 N–H and O–H groups in total. The molecule has 2 rings (SSSR count). The summed E-state index contributed by atoms with van der Waals surface area (Å²) in [7, 11) is 1.96. The van der Waals surface area contributed by atoms with Crippen molar-refractivity contribution in [3.05, 3.63) is 41.2 Å². The van der Waals surface area contributed by atoms with Gasteiger partial charge in [-0.05, 0) is 19.9 Å². The van der Waals surface area contributed by atoms with Gasteiger partial charge in [0.15, 0.2) is 0 Å². The number of nitrogens with two attached hydrogens (primary N) is 1. The van der Waals surface area contributed by atoms with Crippen LogP contribution in [-0.2, 0) is 13.6 Å². The Hall–Kier alpha value is -1.95. The Kier molecular flexibility index (Phi) is 3.80. The van der Waals surface area contributed by atoms with Gasteiger partial charge in [-0.2, -0.15) is 0 Å². The van der Waals surface area contributed by atoms with E-state index in [2.05, 4.69) is 15.3 Å². The van der Waals surface area contributed by atoms with Gasteiger partial charge in [0.2, 0.25) is 0 Å². The fourth-order valence-corrected chi connectivity index (χ4v) is 2.28. The third-order valence-electron chi connectivity index (χ3n) is 2.93. The van der Waals surface area contributed by atoms with Gasteiger partial charge in [-0.1, -0.05) is 12.2 Å². The highest BCUT2D eigenvalue weighted by atomic mass is 32.1. The number of aromatic nitrogens is 3. The zero-order valence-electron chi connectivity index (χ0n) is 11.3. The average Bonchev–Trinajstić information content (AvgIpc) is 2.70. The molecule has 0 spiro atoms. The second-order valence-corrected chi connectivity index (χ2v) is 4.88. The quantitative estimate of drug-likeness (QED) is 0.831. The highest BCUT2D eigenvalue weighted by molar-refractivity contribution is 7.80. The summed E-state index contributed by atoms with van der Waals surface area (Å²) in [6.07, 6.45) is 3.68. The summed E-state index contributed by atoms with van der Waals surface area (Å²) < 4.78 is 1.97. The first-order valence-corrected chi connectivity index (χ1v) is 6.38. The van der Waals surface area contributed by atoms with Crippen molar-refractivity contribution < 1.29 is 0 Å². The number of imidazole rings is 1. The maximum Gasteiger partial charge on any atom is 0.127 e. The minimum absolute atomic E-state index is 0.354. The third-order valence-corrected chi connectivity index (χ3v) is 3.14. The van der Waals surface area contributed by atoms with Crippen LogP contribution in [0, 0.1) is 13.8 Å². The van der Waals surface area contributed by atoms with Gasteiger partial charge >= 0.3 is 0 Å². The van der Waals surface area contributed by atoms with Crippen molar-refractivity contribution in [3.63, 3.8) is 0 Å². The summed E-state index contributed by atoms with van der Waals surface area (Å²) in [4.78, 5) is 9.01. The fraction of sp³-hybridized carbons (Fsp3) is 0.308. The number of anilines is 1. The number of thiocarbonyl (C=S) groups is 1. The van der Waals surface area contributed by atoms with Crippen LogP contribution in [0.3, 0.4) is 0 Å². The Morgan fingerprint density at radius 1 is 1.47 bits per heavy atom. The van der Waals surface area contributed by atoms with Crippen molar-refractivity contribution in [2.24, 2.45) is 12.8 Å². The lowest BCUT2D eigenvalue weighted by molar-refractivity contribution is 0.812. The predicted octanol–water partition coefficient (Wildman–Crippen LogP) is 1.68. The smallest absolute Gasteiger partial charge is 0.127 e. The summed E-state index contributed by atoms with van der Waals surface area (Å²) in [5.41, 5.74) is 9.25. The van der Waals surface area contributed by atoms with Crippen LogP contribution in [-0.4, -0.2) is 19.5 Å². The molecule has 2 aromatic heterocycles. The summed E-state index contributed by atoms with van der Waals surface area (Å²) in [6, 6.07) is 1.95. The molecule has 6 heteroatoms. The molecule has 100 valence electrons. The Bertz CT molecular complexity index is 617. The van der Waals surface area contributed by atoms with Crippen molar-refractivity contribution in [2.45, 2.75) is 20.4 Å². The molecule has 0 unspecified atom stereocenters. The summed E-state index contributed by atoms with van der Waals surface area (Å²) in [5.74, 6) is 0.945. The van der Waals surface area contributed by atoms with Gasteiger partial charge in [-0.3, -0.25) is 4.98 Å². The molecule has 0 amide bonds. The van der Waals surface area contributed by atoms with Crippen molar-refractivity contribution >= 4 is 22.9 Å². The Labute approximate surface area is 117 Å². The van der Waals surface area contributed by atoms with E-state index in [9.17, 15) is 0 Å². The van der Waals surface area contributed by atoms with E-state index in [0.29, 0.717) is 11.5 Å². The van der Waals surface area contributed by atoms with Gasteiger partial charge < -0.3 is 15.6 Å². The van der Waals surface area contributed by atoms with Crippen LogP contribution in [0.15, 0.2) is 18.5 Å². The van der Waals surface area contributed by atoms with Crippen LogP contribution < -0.4 is 11.1 Å². The monoisotopic (exact) mass is 275 g/mol. The first kappa shape index (κ1) is 13.5. The third kappa shape index (κ3) is 2.90. The van der Waals surface area contributed by atoms with Crippen molar-refractivity contribution in [3.8, 4) is 0 Å². The molecule has 0 aromatic carbocycles. The van der Waals surface area contributed by atoms with Crippen LogP contribution in [0.4, 0.5) is 5.69 Å². The standard InChI is InChI=1S/C13H17N5S/c1-8-6-10(12(13(14)19)9(2)17-8)16-7-11-15-4-5-18(11)3/h4-6H,7H2,1-3H3,(H2,14,19)(H,16,17). The molecule has 0 aliphatic rings. The maximum atomic E-state index is 5.77. The molecule has 5 nitrogen and oxygen atoms in total. The number of hydrogen-bond acceptors (Lipinski definition) is 4. The van der Waals surface area contributed by atoms with E-state index in [1.54, 1.807) is 6.20 Å². The fourth-order valence-electron chi connectivity index (χ4n) is 2.02. The number of nitrogens with zero attached hydrogens (tertiary/aromatic N) is 3. The Balaban J connectivity index is 2.29. The normalized spacial score (nSPS) is 10.5. The molecule has 0 bridgehead atoms. The molecule has 0 atom stereocenters. The zero-order valence-corrected chi connectivity index (χ0v) is 12.1. The van der Waals surface area contributed by atoms with E-state index in [0.717, 1.165) is 28.5 Å². The molecule has 0 saturated carbocycles. The molecule has 19 heavy (non-hydrogen) atoms. The molecule has 0 radical (unpaired) electrons. The minimum Gasteiger partial charge on any atom is -0.389 e. The van der Waals surface area contributed by atoms with E-state index >= 15 is 0 Å². The number of aryl methyl sites for hydroxylation is 3. The van der Waals surface area contributed by atoms with Gasteiger partial charge in [0.1, 0.15) is 10.8 Å². The van der Waals surface area contributed by atoms with E-state index in [1.807, 2.05) is 37.7 Å². The van der Waals surface area contributed by atoms with E-state index in [1.165, 1.54) is 0 Å². The number of pyridine rings is 1. The largest absolute Gasteiger partial charge is 0.389 e. The topological polar surface area (TPSA) is 68.8 Å². The lowest BCUT2D eigenvalue weighted by Gasteiger charge is -2.14. The second kappa shape index (κ2) is 5.36. The van der Waals surface area contributed by atoms with E-state index < -0.39 is 0 Å². The van der Waals surface area contributed by atoms with Crippen molar-refractivity contribution in [2.75, 3.05) is 5.32 Å². The van der Waals surface area contributed by atoms with Gasteiger partial charge in [0.05, 0.1) is 12.1 Å². The van der Waals surface area contributed by atoms with Gasteiger partial charge in [0, 0.05) is 36.5 Å². The van der Waals surface area contributed by atoms with E-state index in [4.69, 9.17) is 18.0 Å². The van der Waals surface area contributed by atoms with E-state index in [-0.39, 0.29) is 0 Å². The minimum atomic E-state index is 0.354. The Morgan fingerprint density at radius 2 is 2.21 bits per heavy atom. The SMILES string of the molecule is Cc1cc(NCc2nccn2C)c(C(N)=S)c(C)n1. The molecular formula is C13H17N5S. The lowest BCUT2D eigenvalue weighted by Crippen LogP contribution is -2.17. The number of nitrogens with one attached hydrogen (secondary N) is 1.